The Morgan fingerprint density at radius 3 is 2.46 bits per heavy atom. The van der Waals surface area contributed by atoms with Crippen LogP contribution in [0.5, 0.6) is 0 Å². The second-order valence-electron chi connectivity index (χ2n) is 8.17. The summed E-state index contributed by atoms with van der Waals surface area (Å²) in [5, 5.41) is 0. The zero-order valence-corrected chi connectivity index (χ0v) is 16.2. The lowest BCUT2D eigenvalue weighted by molar-refractivity contribution is -0.134. The molecule has 2 fully saturated rings. The van der Waals surface area contributed by atoms with E-state index in [1.807, 2.05) is 19.0 Å². The van der Waals surface area contributed by atoms with E-state index in [1.54, 1.807) is 0 Å². The summed E-state index contributed by atoms with van der Waals surface area (Å²) in [5.74, 6) is 2.05. The van der Waals surface area contributed by atoms with Gasteiger partial charge in [0, 0.05) is 38.8 Å². The molecule has 1 amide bonds. The Morgan fingerprint density at radius 1 is 0.962 bits per heavy atom. The van der Waals surface area contributed by atoms with Gasteiger partial charge >= 0.3 is 0 Å². The Morgan fingerprint density at radius 2 is 1.73 bits per heavy atom. The fraction of sp³-hybridized carbons (Fsp3) is 0.750. The first-order valence-electron chi connectivity index (χ1n) is 10.2. The topological polar surface area (TPSA) is 52.6 Å². The smallest absolute Gasteiger partial charge is 0.242 e. The molecule has 0 radical (unpaired) electrons. The molecule has 3 aliphatic rings. The van der Waals surface area contributed by atoms with E-state index in [0.717, 1.165) is 37.7 Å². The van der Waals surface area contributed by atoms with E-state index in [-0.39, 0.29) is 5.91 Å². The molecule has 6 heteroatoms. The summed E-state index contributed by atoms with van der Waals surface area (Å²) in [6.45, 7) is 2.19. The zero-order chi connectivity index (χ0) is 18.1. The summed E-state index contributed by atoms with van der Waals surface area (Å²) >= 11 is 0. The van der Waals surface area contributed by atoms with Gasteiger partial charge in [-0.15, -0.1) is 0 Å². The van der Waals surface area contributed by atoms with Crippen molar-refractivity contribution < 1.29 is 4.79 Å². The van der Waals surface area contributed by atoms with Gasteiger partial charge in [-0.2, -0.15) is 4.98 Å². The van der Waals surface area contributed by atoms with Crippen molar-refractivity contribution in [1.29, 1.82) is 0 Å². The number of piperazine rings is 1. The van der Waals surface area contributed by atoms with Gasteiger partial charge < -0.3 is 14.7 Å². The molecule has 2 aliphatic carbocycles. The van der Waals surface area contributed by atoms with Gasteiger partial charge in [-0.25, -0.2) is 4.98 Å². The third-order valence-electron chi connectivity index (χ3n) is 6.12. The van der Waals surface area contributed by atoms with E-state index in [0.29, 0.717) is 12.6 Å². The highest BCUT2D eigenvalue weighted by atomic mass is 16.2. The fourth-order valence-corrected chi connectivity index (χ4v) is 4.67. The summed E-state index contributed by atoms with van der Waals surface area (Å²) in [7, 11) is 3.97. The maximum absolute atomic E-state index is 12.9. The van der Waals surface area contributed by atoms with Crippen LogP contribution in [0.4, 0.5) is 11.8 Å². The Hall–Kier alpha value is -1.85. The second kappa shape index (κ2) is 7.41. The van der Waals surface area contributed by atoms with Crippen LogP contribution in [0.3, 0.4) is 0 Å². The summed E-state index contributed by atoms with van der Waals surface area (Å²) in [6.07, 6.45) is 10.7. The van der Waals surface area contributed by atoms with Crippen LogP contribution < -0.4 is 9.80 Å². The van der Waals surface area contributed by atoms with E-state index in [2.05, 4.69) is 9.80 Å². The highest BCUT2D eigenvalue weighted by Crippen LogP contribution is 2.31. The Labute approximate surface area is 156 Å². The molecule has 1 saturated heterocycles. The monoisotopic (exact) mass is 357 g/mol. The molecule has 26 heavy (non-hydrogen) atoms. The number of rotatable bonds is 3. The minimum atomic E-state index is 0.276. The van der Waals surface area contributed by atoms with Crippen LogP contribution in [0.25, 0.3) is 0 Å². The predicted molar refractivity (Wildman–Crippen MR) is 104 cm³/mol. The van der Waals surface area contributed by atoms with Gasteiger partial charge in [0.05, 0.1) is 12.2 Å². The second-order valence-corrected chi connectivity index (χ2v) is 8.17. The molecule has 0 bridgehead atoms. The summed E-state index contributed by atoms with van der Waals surface area (Å²) in [5.41, 5.74) is 2.47. The summed E-state index contributed by atoms with van der Waals surface area (Å²) in [4.78, 5) is 28.8. The van der Waals surface area contributed by atoms with Gasteiger partial charge in [-0.05, 0) is 38.5 Å². The lowest BCUT2D eigenvalue weighted by Crippen LogP contribution is -2.55. The van der Waals surface area contributed by atoms with E-state index in [9.17, 15) is 4.79 Å². The molecule has 1 aliphatic heterocycles. The zero-order valence-electron chi connectivity index (χ0n) is 16.2. The predicted octanol–water partition coefficient (Wildman–Crippen LogP) is 2.40. The molecular formula is C20H31N5O. The third-order valence-corrected chi connectivity index (χ3v) is 6.12. The van der Waals surface area contributed by atoms with Gasteiger partial charge in [0.2, 0.25) is 11.9 Å². The molecular weight excluding hydrogens is 326 g/mol. The van der Waals surface area contributed by atoms with Gasteiger partial charge in [-0.1, -0.05) is 19.3 Å². The van der Waals surface area contributed by atoms with E-state index in [4.69, 9.17) is 9.97 Å². The average molecular weight is 358 g/mol. The van der Waals surface area contributed by atoms with Crippen LogP contribution in [0.2, 0.25) is 0 Å². The van der Waals surface area contributed by atoms with Crippen molar-refractivity contribution in [2.24, 2.45) is 0 Å². The third kappa shape index (κ3) is 3.38. The van der Waals surface area contributed by atoms with Gasteiger partial charge in [0.1, 0.15) is 5.82 Å². The lowest BCUT2D eigenvalue weighted by Gasteiger charge is -2.41. The normalized spacial score (nSPS) is 21.7. The van der Waals surface area contributed by atoms with Gasteiger partial charge in [-0.3, -0.25) is 4.79 Å². The van der Waals surface area contributed by atoms with Gasteiger partial charge in [0.15, 0.2) is 0 Å². The SMILES string of the molecule is CN(C)c1nc2c(c(N3CCN(C4CCCCC4)C(=O)C3)n1)CCCC2. The van der Waals surface area contributed by atoms with Crippen LogP contribution in [0, 0.1) is 0 Å². The molecule has 6 nitrogen and oxygen atoms in total. The Bertz CT molecular complexity index is 668. The van der Waals surface area contributed by atoms with Crippen LogP contribution in [-0.4, -0.2) is 60.5 Å². The maximum atomic E-state index is 12.9. The molecule has 4 rings (SSSR count). The van der Waals surface area contributed by atoms with E-state index < -0.39 is 0 Å². The number of anilines is 2. The van der Waals surface area contributed by atoms with Crippen molar-refractivity contribution in [2.75, 3.05) is 43.5 Å². The molecule has 0 N–H and O–H groups in total. The minimum Gasteiger partial charge on any atom is -0.347 e. The van der Waals surface area contributed by atoms with Crippen molar-refractivity contribution in [3.05, 3.63) is 11.3 Å². The van der Waals surface area contributed by atoms with Crippen molar-refractivity contribution >= 4 is 17.7 Å². The Balaban J connectivity index is 1.56. The van der Waals surface area contributed by atoms with Crippen LogP contribution in [-0.2, 0) is 17.6 Å². The number of fused-ring (bicyclic) bond motifs is 1. The first-order chi connectivity index (χ1) is 12.6. The number of carbonyl (C=O) groups is 1. The van der Waals surface area contributed by atoms with Crippen molar-refractivity contribution in [1.82, 2.24) is 14.9 Å². The van der Waals surface area contributed by atoms with E-state index >= 15 is 0 Å². The number of nitrogens with zero attached hydrogens (tertiary/aromatic N) is 5. The fourth-order valence-electron chi connectivity index (χ4n) is 4.67. The maximum Gasteiger partial charge on any atom is 0.242 e. The quantitative estimate of drug-likeness (QED) is 0.831. The number of hydrogen-bond donors (Lipinski definition) is 0. The molecule has 0 aromatic carbocycles. The van der Waals surface area contributed by atoms with Crippen molar-refractivity contribution in [3.63, 3.8) is 0 Å². The number of carbonyl (C=O) groups excluding carboxylic acids is 1. The van der Waals surface area contributed by atoms with Gasteiger partial charge in [0.25, 0.3) is 0 Å². The number of aromatic nitrogens is 2. The molecule has 1 aromatic heterocycles. The van der Waals surface area contributed by atoms with Crippen LogP contribution in [0.1, 0.15) is 56.2 Å². The number of aryl methyl sites for hydroxylation is 1. The molecule has 1 saturated carbocycles. The average Bonchev–Trinajstić information content (AvgIpc) is 2.67. The highest BCUT2D eigenvalue weighted by Gasteiger charge is 2.32. The molecule has 0 atom stereocenters. The molecule has 1 aromatic rings. The first-order valence-corrected chi connectivity index (χ1v) is 10.2. The molecule has 0 unspecified atom stereocenters. The van der Waals surface area contributed by atoms with Crippen molar-refractivity contribution in [2.45, 2.75) is 63.8 Å². The Kier molecular flexibility index (Phi) is 5.00. The lowest BCUT2D eigenvalue weighted by atomic mass is 9.93. The molecule has 142 valence electrons. The summed E-state index contributed by atoms with van der Waals surface area (Å²) < 4.78 is 0. The number of hydrogen-bond acceptors (Lipinski definition) is 5. The molecule has 2 heterocycles. The van der Waals surface area contributed by atoms with Crippen molar-refractivity contribution in [3.8, 4) is 0 Å². The first kappa shape index (κ1) is 17.6. The largest absolute Gasteiger partial charge is 0.347 e. The van der Waals surface area contributed by atoms with E-state index in [1.165, 1.54) is 56.2 Å². The number of amides is 1. The molecule has 0 spiro atoms. The van der Waals surface area contributed by atoms with Crippen LogP contribution in [0.15, 0.2) is 0 Å². The summed E-state index contributed by atoms with van der Waals surface area (Å²) in [6, 6.07) is 0.468. The highest BCUT2D eigenvalue weighted by molar-refractivity contribution is 5.83. The van der Waals surface area contributed by atoms with Crippen LogP contribution >= 0.6 is 0 Å². The standard InChI is InChI=1S/C20H31N5O/c1-23(2)20-21-17-11-7-6-10-16(17)19(22-20)24-12-13-25(18(26)14-24)15-8-4-3-5-9-15/h15H,3-14H2,1-2H3. The minimum absolute atomic E-state index is 0.276.